The number of hydrogen-bond donors (Lipinski definition) is 1. The van der Waals surface area contributed by atoms with E-state index in [1.165, 1.54) is 0 Å². The number of aliphatic carboxylic acids is 1. The van der Waals surface area contributed by atoms with Gasteiger partial charge < -0.3 is 5.11 Å². The molecule has 1 N–H and O–H groups in total. The molecular weight excluding hydrogens is 347 g/mol. The van der Waals surface area contributed by atoms with Crippen LogP contribution in [0.5, 0.6) is 0 Å². The van der Waals surface area contributed by atoms with Gasteiger partial charge in [0.05, 0.1) is 5.92 Å². The maximum atomic E-state index is 12.7. The highest BCUT2D eigenvalue weighted by Crippen LogP contribution is 2.74. The van der Waals surface area contributed by atoms with Crippen LogP contribution in [0.15, 0.2) is 11.1 Å². The van der Waals surface area contributed by atoms with E-state index in [9.17, 15) is 44.3 Å². The highest BCUT2D eigenvalue weighted by atomic mass is 35.5. The van der Waals surface area contributed by atoms with E-state index in [-0.39, 0.29) is 0 Å². The number of carbonyl (C=O) groups is 1. The second-order valence-electron chi connectivity index (χ2n) is 4.22. The van der Waals surface area contributed by atoms with E-state index < -0.39 is 52.9 Å². The van der Waals surface area contributed by atoms with Gasteiger partial charge in [0.25, 0.3) is 0 Å². The monoisotopic (exact) mass is 350 g/mol. The van der Waals surface area contributed by atoms with E-state index in [0.29, 0.717) is 0 Å². The number of allylic oxidation sites excluding steroid dienone is 2. The number of hydrogen-bond acceptors (Lipinski definition) is 1. The predicted molar refractivity (Wildman–Crippen MR) is 49.1 cm³/mol. The third-order valence-corrected chi connectivity index (χ3v) is 3.41. The van der Waals surface area contributed by atoms with Crippen LogP contribution in [0.3, 0.4) is 0 Å². The molecule has 1 saturated carbocycles. The first-order chi connectivity index (χ1) is 9.08. The third-order valence-electron chi connectivity index (χ3n) is 3.07. The van der Waals surface area contributed by atoms with Crippen LogP contribution in [0.25, 0.3) is 0 Å². The Kier molecular flexibility index (Phi) is 4.00. The molecule has 0 aromatic rings. The Morgan fingerprint density at radius 1 is 1.00 bits per heavy atom. The molecule has 2 atom stereocenters. The van der Waals surface area contributed by atoms with Crippen molar-refractivity contribution in [1.82, 2.24) is 0 Å². The topological polar surface area (TPSA) is 37.3 Å². The van der Waals surface area contributed by atoms with Crippen molar-refractivity contribution >= 4 is 17.6 Å². The summed E-state index contributed by atoms with van der Waals surface area (Å²) in [6.45, 7) is 0. The molecule has 0 aromatic carbocycles. The highest BCUT2D eigenvalue weighted by Gasteiger charge is 2.91. The SMILES string of the molecule is O=C(O)[C@@H]1[C@@H](/C=C(\Cl)C(F)(F)F)C1(C(F)(F)F)C(F)(F)F. The van der Waals surface area contributed by atoms with Gasteiger partial charge in [-0.05, 0) is 0 Å². The molecule has 0 unspecified atom stereocenters. The van der Waals surface area contributed by atoms with E-state index >= 15 is 0 Å². The van der Waals surface area contributed by atoms with Crippen molar-refractivity contribution in [2.24, 2.45) is 17.3 Å². The lowest BCUT2D eigenvalue weighted by Crippen LogP contribution is -2.42. The van der Waals surface area contributed by atoms with Crippen LogP contribution in [-0.4, -0.2) is 29.6 Å². The van der Waals surface area contributed by atoms with Crippen LogP contribution in [-0.2, 0) is 4.79 Å². The van der Waals surface area contributed by atoms with Crippen molar-refractivity contribution in [3.63, 3.8) is 0 Å². The summed E-state index contributed by atoms with van der Waals surface area (Å²) >= 11 is 4.60. The van der Waals surface area contributed by atoms with Gasteiger partial charge in [0.2, 0.25) is 0 Å². The van der Waals surface area contributed by atoms with Gasteiger partial charge in [0.1, 0.15) is 5.03 Å². The third kappa shape index (κ3) is 2.67. The maximum absolute atomic E-state index is 12.7. The number of carboxylic acid groups (broad SMARTS) is 1. The van der Waals surface area contributed by atoms with Gasteiger partial charge in [-0.3, -0.25) is 4.79 Å². The Bertz CT molecular complexity index is 459. The van der Waals surface area contributed by atoms with Gasteiger partial charge in [0, 0.05) is 5.92 Å². The molecule has 0 saturated heterocycles. The van der Waals surface area contributed by atoms with E-state index in [1.54, 1.807) is 0 Å². The van der Waals surface area contributed by atoms with Crippen LogP contribution < -0.4 is 0 Å². The van der Waals surface area contributed by atoms with Crippen LogP contribution in [0.1, 0.15) is 0 Å². The van der Waals surface area contributed by atoms with Crippen molar-refractivity contribution in [2.45, 2.75) is 18.5 Å². The quantitative estimate of drug-likeness (QED) is 0.761. The summed E-state index contributed by atoms with van der Waals surface area (Å²) in [4.78, 5) is 10.6. The molecule has 1 fully saturated rings. The fraction of sp³-hybridized carbons (Fsp3) is 0.667. The Hall–Kier alpha value is -1.13. The average molecular weight is 351 g/mol. The molecule has 0 heterocycles. The number of carboxylic acids is 1. The first-order valence-corrected chi connectivity index (χ1v) is 5.27. The first kappa shape index (κ1) is 17.9. The van der Waals surface area contributed by atoms with Crippen LogP contribution in [0, 0.1) is 17.3 Å². The summed E-state index contributed by atoms with van der Waals surface area (Å²) in [5, 5.41) is 6.21. The Morgan fingerprint density at radius 2 is 1.38 bits per heavy atom. The van der Waals surface area contributed by atoms with Gasteiger partial charge in [-0.15, -0.1) is 0 Å². The van der Waals surface area contributed by atoms with Crippen LogP contribution >= 0.6 is 11.6 Å². The molecule has 0 aliphatic heterocycles. The van der Waals surface area contributed by atoms with Gasteiger partial charge in [0.15, 0.2) is 5.41 Å². The first-order valence-electron chi connectivity index (χ1n) is 4.89. The smallest absolute Gasteiger partial charge is 0.426 e. The fourth-order valence-electron chi connectivity index (χ4n) is 2.13. The zero-order chi connectivity index (χ0) is 17.0. The molecule has 21 heavy (non-hydrogen) atoms. The highest BCUT2D eigenvalue weighted by molar-refractivity contribution is 6.30. The summed E-state index contributed by atoms with van der Waals surface area (Å²) in [6, 6.07) is 0. The number of alkyl halides is 9. The average Bonchev–Trinajstić information content (AvgIpc) is 2.84. The fourth-order valence-corrected chi connectivity index (χ4v) is 2.27. The summed E-state index contributed by atoms with van der Waals surface area (Å²) in [6.07, 6.45) is -18.1. The van der Waals surface area contributed by atoms with Crippen molar-refractivity contribution in [2.75, 3.05) is 0 Å². The summed E-state index contributed by atoms with van der Waals surface area (Å²) in [5.74, 6) is -8.62. The Morgan fingerprint density at radius 3 is 1.57 bits per heavy atom. The molecule has 0 bridgehead atoms. The van der Waals surface area contributed by atoms with E-state index in [4.69, 9.17) is 5.11 Å². The minimum atomic E-state index is -6.10. The van der Waals surface area contributed by atoms with Gasteiger partial charge in [-0.25, -0.2) is 0 Å². The molecular formula is C9H4ClF9O2. The van der Waals surface area contributed by atoms with Gasteiger partial charge in [-0.1, -0.05) is 17.7 Å². The van der Waals surface area contributed by atoms with Crippen molar-refractivity contribution in [1.29, 1.82) is 0 Å². The molecule has 2 nitrogen and oxygen atoms in total. The second kappa shape index (κ2) is 4.68. The number of halogens is 10. The molecule has 1 aliphatic carbocycles. The summed E-state index contributed by atoms with van der Waals surface area (Å²) < 4.78 is 112. The maximum Gasteiger partial charge on any atom is 0.426 e. The van der Waals surface area contributed by atoms with Crippen molar-refractivity contribution in [3.8, 4) is 0 Å². The van der Waals surface area contributed by atoms with Crippen molar-refractivity contribution in [3.05, 3.63) is 11.1 Å². The molecule has 1 rings (SSSR count). The lowest BCUT2D eigenvalue weighted by atomic mass is 10.00. The van der Waals surface area contributed by atoms with Gasteiger partial charge >= 0.3 is 24.5 Å². The normalized spacial score (nSPS) is 26.7. The summed E-state index contributed by atoms with van der Waals surface area (Å²) in [5.41, 5.74) is -4.78. The Balaban J connectivity index is 3.42. The van der Waals surface area contributed by atoms with E-state index in [2.05, 4.69) is 11.6 Å². The van der Waals surface area contributed by atoms with Crippen LogP contribution in [0.2, 0.25) is 0 Å². The van der Waals surface area contributed by atoms with Gasteiger partial charge in [-0.2, -0.15) is 39.5 Å². The lowest BCUT2D eigenvalue weighted by molar-refractivity contribution is -0.308. The number of rotatable bonds is 2. The van der Waals surface area contributed by atoms with Crippen molar-refractivity contribution < 1.29 is 49.4 Å². The molecule has 0 spiro atoms. The zero-order valence-corrected chi connectivity index (χ0v) is 10.1. The lowest BCUT2D eigenvalue weighted by Gasteiger charge is -2.24. The van der Waals surface area contributed by atoms with E-state index in [1.807, 2.05) is 0 Å². The molecule has 0 amide bonds. The minimum absolute atomic E-state index is 0.554. The Labute approximate surface area is 115 Å². The van der Waals surface area contributed by atoms with Crippen LogP contribution in [0.4, 0.5) is 39.5 Å². The second-order valence-corrected chi connectivity index (χ2v) is 4.63. The standard InChI is InChI=1S/C9H4ClF9O2/c10-3(7(11,12)13)1-2-4(5(20)21)6(2,8(14,15)16)9(17,18)19/h1-2,4H,(H,20,21)/b3-1-/t2-,4+/m1/s1. The minimum Gasteiger partial charge on any atom is -0.481 e. The zero-order valence-electron chi connectivity index (χ0n) is 9.37. The predicted octanol–water partition coefficient (Wildman–Crippen LogP) is 4.11. The summed E-state index contributed by atoms with van der Waals surface area (Å²) in [7, 11) is 0. The largest absolute Gasteiger partial charge is 0.481 e. The molecule has 0 aromatic heterocycles. The molecule has 12 heteroatoms. The molecule has 122 valence electrons. The van der Waals surface area contributed by atoms with E-state index in [0.717, 1.165) is 0 Å². The molecule has 0 radical (unpaired) electrons. The molecule has 1 aliphatic rings.